The molecule has 28 heavy (non-hydrogen) atoms. The number of hydrogen-bond donors (Lipinski definition) is 2. The van der Waals surface area contributed by atoms with Crippen molar-refractivity contribution in [1.29, 1.82) is 0 Å². The highest BCUT2D eigenvalue weighted by Gasteiger charge is 2.22. The van der Waals surface area contributed by atoms with Crippen molar-refractivity contribution in [2.45, 2.75) is 34.2 Å². The van der Waals surface area contributed by atoms with Crippen molar-refractivity contribution in [3.63, 3.8) is 0 Å². The summed E-state index contributed by atoms with van der Waals surface area (Å²) in [7, 11) is 1.80. The van der Waals surface area contributed by atoms with E-state index in [0.29, 0.717) is 29.2 Å². The number of aryl methyl sites for hydroxylation is 4. The minimum absolute atomic E-state index is 0.278. The van der Waals surface area contributed by atoms with Gasteiger partial charge in [0, 0.05) is 19.2 Å². The Labute approximate surface area is 163 Å². The minimum Gasteiger partial charge on any atom is -0.319 e. The Morgan fingerprint density at radius 2 is 1.68 bits per heavy atom. The highest BCUT2D eigenvalue weighted by atomic mass is 16.2. The number of hydrogen-bond acceptors (Lipinski definition) is 4. The third kappa shape index (κ3) is 3.66. The third-order valence-electron chi connectivity index (χ3n) is 4.71. The van der Waals surface area contributed by atoms with Crippen LogP contribution in [0.4, 0.5) is 11.4 Å². The van der Waals surface area contributed by atoms with Gasteiger partial charge in [-0.25, -0.2) is 0 Å². The fourth-order valence-corrected chi connectivity index (χ4v) is 3.02. The van der Waals surface area contributed by atoms with Crippen LogP contribution in [0, 0.1) is 20.8 Å². The zero-order chi connectivity index (χ0) is 20.4. The van der Waals surface area contributed by atoms with Crippen molar-refractivity contribution >= 4 is 23.2 Å². The number of carbonyl (C=O) groups is 2. The maximum atomic E-state index is 12.9. The van der Waals surface area contributed by atoms with Gasteiger partial charge in [0.2, 0.25) is 0 Å². The Hall–Kier alpha value is -3.42. The third-order valence-corrected chi connectivity index (χ3v) is 4.71. The number of amides is 2. The molecule has 0 aliphatic carbocycles. The van der Waals surface area contributed by atoms with Gasteiger partial charge in [0.1, 0.15) is 5.69 Å². The van der Waals surface area contributed by atoms with E-state index in [9.17, 15) is 9.59 Å². The SMILES string of the molecule is CCn1ncc(NC(=O)c2ccc(C)cc2C)c1C(=O)Nc1cnn(C)c1C. The predicted molar refractivity (Wildman–Crippen MR) is 108 cm³/mol. The molecule has 0 saturated heterocycles. The molecule has 0 aliphatic heterocycles. The fraction of sp³-hybridized carbons (Fsp3) is 0.300. The van der Waals surface area contributed by atoms with Crippen LogP contribution in [0.3, 0.4) is 0 Å². The highest BCUT2D eigenvalue weighted by molar-refractivity contribution is 6.12. The first-order chi connectivity index (χ1) is 13.3. The van der Waals surface area contributed by atoms with Gasteiger partial charge in [0.15, 0.2) is 0 Å². The molecule has 2 aromatic heterocycles. The smallest absolute Gasteiger partial charge is 0.276 e. The Morgan fingerprint density at radius 3 is 2.29 bits per heavy atom. The second-order valence-corrected chi connectivity index (χ2v) is 6.72. The maximum absolute atomic E-state index is 12.9. The summed E-state index contributed by atoms with van der Waals surface area (Å²) in [5, 5.41) is 14.0. The van der Waals surface area contributed by atoms with Crippen molar-refractivity contribution in [3.05, 3.63) is 58.7 Å². The van der Waals surface area contributed by atoms with Gasteiger partial charge < -0.3 is 10.6 Å². The van der Waals surface area contributed by atoms with E-state index < -0.39 is 0 Å². The Morgan fingerprint density at radius 1 is 1.00 bits per heavy atom. The molecule has 1 aromatic carbocycles. The van der Waals surface area contributed by atoms with Crippen LogP contribution < -0.4 is 10.6 Å². The zero-order valence-corrected chi connectivity index (χ0v) is 16.7. The normalized spacial score (nSPS) is 10.8. The highest BCUT2D eigenvalue weighted by Crippen LogP contribution is 2.21. The van der Waals surface area contributed by atoms with E-state index in [2.05, 4.69) is 20.8 Å². The van der Waals surface area contributed by atoms with E-state index in [4.69, 9.17) is 0 Å². The van der Waals surface area contributed by atoms with Crippen LogP contribution >= 0.6 is 0 Å². The number of benzene rings is 1. The second kappa shape index (κ2) is 7.67. The minimum atomic E-state index is -0.355. The summed E-state index contributed by atoms with van der Waals surface area (Å²) in [5.41, 5.74) is 4.62. The van der Waals surface area contributed by atoms with Gasteiger partial charge in [0.05, 0.1) is 29.5 Å². The van der Waals surface area contributed by atoms with Crippen molar-refractivity contribution in [3.8, 4) is 0 Å². The molecule has 3 aromatic rings. The average Bonchev–Trinajstić information content (AvgIpc) is 3.19. The molecule has 0 aliphatic rings. The summed E-state index contributed by atoms with van der Waals surface area (Å²) in [5.74, 6) is -0.633. The topological polar surface area (TPSA) is 93.8 Å². The molecule has 2 N–H and O–H groups in total. The quantitative estimate of drug-likeness (QED) is 0.711. The largest absolute Gasteiger partial charge is 0.319 e. The summed E-state index contributed by atoms with van der Waals surface area (Å²) in [6.07, 6.45) is 3.09. The second-order valence-electron chi connectivity index (χ2n) is 6.72. The van der Waals surface area contributed by atoms with E-state index in [0.717, 1.165) is 16.8 Å². The fourth-order valence-electron chi connectivity index (χ4n) is 3.02. The van der Waals surface area contributed by atoms with Gasteiger partial charge in [0.25, 0.3) is 11.8 Å². The van der Waals surface area contributed by atoms with Crippen molar-refractivity contribution in [1.82, 2.24) is 19.6 Å². The Bertz CT molecular complexity index is 1050. The van der Waals surface area contributed by atoms with Crippen LogP contribution in [-0.2, 0) is 13.6 Å². The summed E-state index contributed by atoms with van der Waals surface area (Å²) >= 11 is 0. The number of nitrogens with zero attached hydrogens (tertiary/aromatic N) is 4. The average molecular weight is 380 g/mol. The van der Waals surface area contributed by atoms with E-state index in [1.807, 2.05) is 39.8 Å². The number of carbonyl (C=O) groups excluding carboxylic acids is 2. The summed E-state index contributed by atoms with van der Waals surface area (Å²) < 4.78 is 3.23. The molecule has 0 fully saturated rings. The molecule has 0 saturated carbocycles. The van der Waals surface area contributed by atoms with Crippen LogP contribution in [0.15, 0.2) is 30.6 Å². The lowest BCUT2D eigenvalue weighted by atomic mass is 10.1. The zero-order valence-electron chi connectivity index (χ0n) is 16.7. The summed E-state index contributed by atoms with van der Waals surface area (Å²) in [6, 6.07) is 5.61. The number of rotatable bonds is 5. The first-order valence-corrected chi connectivity index (χ1v) is 9.06. The number of aromatic nitrogens is 4. The van der Waals surface area contributed by atoms with E-state index in [-0.39, 0.29) is 11.8 Å². The summed E-state index contributed by atoms with van der Waals surface area (Å²) in [6.45, 7) is 8.10. The molecule has 0 radical (unpaired) electrons. The van der Waals surface area contributed by atoms with Gasteiger partial charge in [-0.1, -0.05) is 17.7 Å². The molecular formula is C20H24N6O2. The van der Waals surface area contributed by atoms with Crippen LogP contribution in [0.2, 0.25) is 0 Å². The molecule has 0 unspecified atom stereocenters. The monoisotopic (exact) mass is 380 g/mol. The Kier molecular flexibility index (Phi) is 5.30. The van der Waals surface area contributed by atoms with Crippen LogP contribution in [0.25, 0.3) is 0 Å². The molecule has 2 amide bonds. The lowest BCUT2D eigenvalue weighted by molar-refractivity contribution is 0.101. The van der Waals surface area contributed by atoms with Gasteiger partial charge in [-0.15, -0.1) is 0 Å². The van der Waals surface area contributed by atoms with Crippen LogP contribution in [0.5, 0.6) is 0 Å². The molecule has 8 heteroatoms. The van der Waals surface area contributed by atoms with Crippen molar-refractivity contribution in [2.75, 3.05) is 10.6 Å². The van der Waals surface area contributed by atoms with Crippen LogP contribution in [-0.4, -0.2) is 31.4 Å². The lowest BCUT2D eigenvalue weighted by Gasteiger charge is -2.11. The molecule has 2 heterocycles. The standard InChI is InChI=1S/C20H24N6O2/c1-6-26-18(20(28)23-16-10-21-25(5)14(16)4)17(11-22-26)24-19(27)15-8-7-12(2)9-13(15)3/h7-11H,6H2,1-5H3,(H,23,28)(H,24,27). The van der Waals surface area contributed by atoms with Gasteiger partial charge in [-0.3, -0.25) is 19.0 Å². The van der Waals surface area contributed by atoms with E-state index in [1.165, 1.54) is 6.20 Å². The molecule has 146 valence electrons. The van der Waals surface area contributed by atoms with E-state index >= 15 is 0 Å². The first-order valence-electron chi connectivity index (χ1n) is 9.06. The predicted octanol–water partition coefficient (Wildman–Crippen LogP) is 3.07. The molecule has 0 atom stereocenters. The van der Waals surface area contributed by atoms with E-state index in [1.54, 1.807) is 28.7 Å². The lowest BCUT2D eigenvalue weighted by Crippen LogP contribution is -2.21. The maximum Gasteiger partial charge on any atom is 0.276 e. The van der Waals surface area contributed by atoms with Gasteiger partial charge in [-0.2, -0.15) is 10.2 Å². The summed E-state index contributed by atoms with van der Waals surface area (Å²) in [4.78, 5) is 25.6. The Balaban J connectivity index is 1.88. The molecule has 8 nitrogen and oxygen atoms in total. The molecule has 0 spiro atoms. The number of anilines is 2. The first kappa shape index (κ1) is 19.3. The van der Waals surface area contributed by atoms with Gasteiger partial charge >= 0.3 is 0 Å². The molecular weight excluding hydrogens is 356 g/mol. The number of nitrogens with one attached hydrogen (secondary N) is 2. The van der Waals surface area contributed by atoms with Gasteiger partial charge in [-0.05, 0) is 39.3 Å². The van der Waals surface area contributed by atoms with Crippen molar-refractivity contribution < 1.29 is 9.59 Å². The van der Waals surface area contributed by atoms with Crippen LogP contribution in [0.1, 0.15) is 44.6 Å². The molecule has 0 bridgehead atoms. The van der Waals surface area contributed by atoms with Crippen molar-refractivity contribution in [2.24, 2.45) is 7.05 Å². The molecule has 3 rings (SSSR count).